The van der Waals surface area contributed by atoms with Crippen LogP contribution in [0, 0.1) is 11.3 Å². The molecule has 0 aliphatic carbocycles. The van der Waals surface area contributed by atoms with Crippen molar-refractivity contribution < 1.29 is 29.0 Å². The van der Waals surface area contributed by atoms with Gasteiger partial charge in [-0.1, -0.05) is 31.2 Å². The molecular weight excluding hydrogens is 472 g/mol. The molecule has 37 heavy (non-hydrogen) atoms. The first-order chi connectivity index (χ1) is 17.8. The van der Waals surface area contributed by atoms with Crippen molar-refractivity contribution in [3.8, 4) is 17.6 Å². The van der Waals surface area contributed by atoms with E-state index in [1.807, 2.05) is 13.0 Å². The van der Waals surface area contributed by atoms with Gasteiger partial charge in [-0.2, -0.15) is 5.26 Å². The molecule has 0 spiro atoms. The van der Waals surface area contributed by atoms with E-state index < -0.39 is 23.7 Å². The number of amides is 1. The molecule has 1 amide bonds. The number of rotatable bonds is 7. The lowest BCUT2D eigenvalue weighted by Crippen LogP contribution is -2.29. The minimum absolute atomic E-state index is 0.123. The van der Waals surface area contributed by atoms with E-state index in [1.54, 1.807) is 60.7 Å². The lowest BCUT2D eigenvalue weighted by molar-refractivity contribution is -0.132. The minimum Gasteiger partial charge on any atom is -0.507 e. The number of carbonyl (C=O) groups is 3. The molecule has 1 fully saturated rings. The molecule has 1 aliphatic heterocycles. The number of nitrogens with zero attached hydrogens (tertiary/aromatic N) is 2. The fourth-order valence-electron chi connectivity index (χ4n) is 4.13. The summed E-state index contributed by atoms with van der Waals surface area (Å²) in [7, 11) is 0. The van der Waals surface area contributed by atoms with E-state index in [9.17, 15) is 19.5 Å². The summed E-state index contributed by atoms with van der Waals surface area (Å²) in [5.74, 6) is -1.86. The minimum atomic E-state index is -1.02. The van der Waals surface area contributed by atoms with E-state index in [4.69, 9.17) is 14.7 Å². The van der Waals surface area contributed by atoms with Gasteiger partial charge in [0.15, 0.2) is 0 Å². The molecule has 1 heterocycles. The molecule has 1 saturated heterocycles. The molecule has 0 bridgehead atoms. The number of hydrogen-bond donors (Lipinski definition) is 1. The third kappa shape index (κ3) is 5.21. The molecule has 1 N–H and O–H groups in total. The summed E-state index contributed by atoms with van der Waals surface area (Å²) in [5, 5.41) is 20.5. The maximum atomic E-state index is 13.4. The summed E-state index contributed by atoms with van der Waals surface area (Å²) in [6.45, 7) is 3.72. The van der Waals surface area contributed by atoms with Gasteiger partial charge in [-0.3, -0.25) is 19.3 Å². The van der Waals surface area contributed by atoms with E-state index in [1.165, 1.54) is 24.0 Å². The zero-order valence-corrected chi connectivity index (χ0v) is 20.3. The second kappa shape index (κ2) is 10.8. The van der Waals surface area contributed by atoms with Crippen molar-refractivity contribution in [3.63, 3.8) is 0 Å². The molecule has 3 aromatic carbocycles. The summed E-state index contributed by atoms with van der Waals surface area (Å²) < 4.78 is 10.9. The average Bonchev–Trinajstić information content (AvgIpc) is 3.17. The van der Waals surface area contributed by atoms with Gasteiger partial charge >= 0.3 is 5.97 Å². The Morgan fingerprint density at radius 1 is 1.03 bits per heavy atom. The van der Waals surface area contributed by atoms with Crippen LogP contribution in [0.1, 0.15) is 43.0 Å². The van der Waals surface area contributed by atoms with Gasteiger partial charge in [-0.05, 0) is 60.5 Å². The highest BCUT2D eigenvalue weighted by Gasteiger charge is 2.47. The number of hydrogen-bond acceptors (Lipinski definition) is 7. The molecular formula is C29H24N2O6. The van der Waals surface area contributed by atoms with Crippen LogP contribution in [0.15, 0.2) is 78.4 Å². The first-order valence-electron chi connectivity index (χ1n) is 11.7. The van der Waals surface area contributed by atoms with Crippen molar-refractivity contribution in [1.82, 2.24) is 0 Å². The monoisotopic (exact) mass is 496 g/mol. The third-order valence-corrected chi connectivity index (χ3v) is 5.73. The van der Waals surface area contributed by atoms with Gasteiger partial charge in [-0.15, -0.1) is 0 Å². The SMILES string of the molecule is CCCOc1cccc(/C(O)=C2/C(=O)C(=O)N(c3ccc(C#N)cc3)C2c2cccc(OC(C)=O)c2)c1. The second-order valence-corrected chi connectivity index (χ2v) is 8.37. The van der Waals surface area contributed by atoms with Gasteiger partial charge in [0.2, 0.25) is 0 Å². The quantitative estimate of drug-likeness (QED) is 0.163. The summed E-state index contributed by atoms with van der Waals surface area (Å²) in [6, 6.07) is 20.3. The van der Waals surface area contributed by atoms with Crippen LogP contribution >= 0.6 is 0 Å². The van der Waals surface area contributed by atoms with Crippen LogP contribution in [-0.4, -0.2) is 29.4 Å². The Bertz CT molecular complexity index is 1440. The standard InChI is InChI=1S/C29H24N2O6/c1-3-14-36-23-8-5-7-21(16-23)27(33)25-26(20-6-4-9-24(15-20)37-18(2)32)31(29(35)28(25)34)22-12-10-19(17-30)11-13-22/h4-13,15-16,26,33H,3,14H2,1-2H3/b27-25-. The summed E-state index contributed by atoms with van der Waals surface area (Å²) >= 11 is 0. The lowest BCUT2D eigenvalue weighted by atomic mass is 9.95. The number of ketones is 1. The van der Waals surface area contributed by atoms with Crippen LogP contribution in [0.2, 0.25) is 0 Å². The predicted octanol–water partition coefficient (Wildman–Crippen LogP) is 4.90. The number of aliphatic hydroxyl groups is 1. The summed E-state index contributed by atoms with van der Waals surface area (Å²) in [5.41, 5.74) is 1.39. The molecule has 8 nitrogen and oxygen atoms in total. The van der Waals surface area contributed by atoms with Gasteiger partial charge in [0, 0.05) is 18.2 Å². The Hall–Kier alpha value is -4.90. The van der Waals surface area contributed by atoms with Crippen LogP contribution in [-0.2, 0) is 14.4 Å². The van der Waals surface area contributed by atoms with Gasteiger partial charge in [-0.25, -0.2) is 0 Å². The highest BCUT2D eigenvalue weighted by atomic mass is 16.5. The van der Waals surface area contributed by atoms with E-state index in [0.29, 0.717) is 34.7 Å². The Morgan fingerprint density at radius 3 is 2.41 bits per heavy atom. The van der Waals surface area contributed by atoms with Gasteiger partial charge in [0.25, 0.3) is 11.7 Å². The van der Waals surface area contributed by atoms with E-state index in [-0.39, 0.29) is 17.1 Å². The fraction of sp³-hybridized carbons (Fsp3) is 0.172. The Balaban J connectivity index is 1.90. The Morgan fingerprint density at radius 2 is 1.73 bits per heavy atom. The number of aliphatic hydroxyl groups excluding tert-OH is 1. The first kappa shape index (κ1) is 25.2. The van der Waals surface area contributed by atoms with Crippen molar-refractivity contribution in [2.75, 3.05) is 11.5 Å². The normalized spacial score (nSPS) is 16.4. The van der Waals surface area contributed by atoms with Gasteiger partial charge < -0.3 is 14.6 Å². The zero-order valence-electron chi connectivity index (χ0n) is 20.3. The molecule has 1 unspecified atom stereocenters. The van der Waals surface area contributed by atoms with Crippen molar-refractivity contribution in [2.45, 2.75) is 26.3 Å². The van der Waals surface area contributed by atoms with Crippen LogP contribution in [0.3, 0.4) is 0 Å². The van der Waals surface area contributed by atoms with E-state index in [0.717, 1.165) is 6.42 Å². The van der Waals surface area contributed by atoms with Crippen LogP contribution in [0.25, 0.3) is 5.76 Å². The van der Waals surface area contributed by atoms with Crippen molar-refractivity contribution in [1.29, 1.82) is 5.26 Å². The Kier molecular flexibility index (Phi) is 7.35. The maximum Gasteiger partial charge on any atom is 0.308 e. The number of esters is 1. The fourth-order valence-corrected chi connectivity index (χ4v) is 4.13. The Labute approximate surface area is 214 Å². The van der Waals surface area contributed by atoms with E-state index in [2.05, 4.69) is 0 Å². The van der Waals surface area contributed by atoms with Crippen molar-refractivity contribution >= 4 is 29.1 Å². The topological polar surface area (TPSA) is 117 Å². The molecule has 0 saturated carbocycles. The van der Waals surface area contributed by atoms with Crippen molar-refractivity contribution in [2.24, 2.45) is 0 Å². The number of Topliss-reactive ketones (excluding diaryl/α,β-unsaturated/α-hetero) is 1. The number of benzene rings is 3. The smallest absolute Gasteiger partial charge is 0.308 e. The first-order valence-corrected chi connectivity index (χ1v) is 11.7. The second-order valence-electron chi connectivity index (χ2n) is 8.37. The van der Waals surface area contributed by atoms with Gasteiger partial charge in [0.1, 0.15) is 17.3 Å². The summed E-state index contributed by atoms with van der Waals surface area (Å²) in [4.78, 5) is 39.5. The highest BCUT2D eigenvalue weighted by Crippen LogP contribution is 2.43. The van der Waals surface area contributed by atoms with E-state index >= 15 is 0 Å². The third-order valence-electron chi connectivity index (χ3n) is 5.73. The predicted molar refractivity (Wildman–Crippen MR) is 136 cm³/mol. The maximum absolute atomic E-state index is 13.4. The molecule has 0 radical (unpaired) electrons. The number of nitriles is 1. The molecule has 0 aromatic heterocycles. The highest BCUT2D eigenvalue weighted by molar-refractivity contribution is 6.51. The number of anilines is 1. The molecule has 1 aliphatic rings. The van der Waals surface area contributed by atoms with Crippen LogP contribution < -0.4 is 14.4 Å². The number of carbonyl (C=O) groups excluding carboxylic acids is 3. The largest absolute Gasteiger partial charge is 0.507 e. The lowest BCUT2D eigenvalue weighted by Gasteiger charge is -2.25. The molecule has 4 rings (SSSR count). The molecule has 186 valence electrons. The van der Waals surface area contributed by atoms with Crippen molar-refractivity contribution in [3.05, 3.63) is 95.1 Å². The van der Waals surface area contributed by atoms with Crippen LogP contribution in [0.5, 0.6) is 11.5 Å². The molecule has 1 atom stereocenters. The molecule has 3 aromatic rings. The van der Waals surface area contributed by atoms with Crippen LogP contribution in [0.4, 0.5) is 5.69 Å². The zero-order chi connectivity index (χ0) is 26.5. The molecule has 8 heteroatoms. The summed E-state index contributed by atoms with van der Waals surface area (Å²) in [6.07, 6.45) is 0.796. The number of ether oxygens (including phenoxy) is 2. The van der Waals surface area contributed by atoms with Gasteiger partial charge in [0.05, 0.1) is 29.9 Å². The average molecular weight is 497 g/mol.